The van der Waals surface area contributed by atoms with E-state index in [0.29, 0.717) is 5.54 Å². The molecular formula is C14H28N2. The van der Waals surface area contributed by atoms with E-state index in [0.717, 1.165) is 12.0 Å². The third-order valence-electron chi connectivity index (χ3n) is 4.54. The Kier molecular flexibility index (Phi) is 3.91. The van der Waals surface area contributed by atoms with Crippen LogP contribution >= 0.6 is 0 Å². The second-order valence-electron chi connectivity index (χ2n) is 6.08. The van der Waals surface area contributed by atoms with Gasteiger partial charge in [0.25, 0.3) is 0 Å². The maximum Gasteiger partial charge on any atom is 0.0309 e. The second kappa shape index (κ2) is 5.05. The van der Waals surface area contributed by atoms with E-state index in [4.69, 9.17) is 0 Å². The molecule has 2 nitrogen and oxygen atoms in total. The van der Waals surface area contributed by atoms with E-state index >= 15 is 0 Å². The van der Waals surface area contributed by atoms with Crippen molar-refractivity contribution in [2.75, 3.05) is 19.6 Å². The third kappa shape index (κ3) is 2.78. The molecule has 1 saturated carbocycles. The average molecular weight is 224 g/mol. The molecule has 0 aromatic heterocycles. The molecule has 1 N–H and O–H groups in total. The molecule has 16 heavy (non-hydrogen) atoms. The largest absolute Gasteiger partial charge is 0.309 e. The summed E-state index contributed by atoms with van der Waals surface area (Å²) in [6.07, 6.45) is 6.97. The lowest BCUT2D eigenvalue weighted by atomic mass is 9.91. The molecule has 0 aromatic carbocycles. The molecule has 0 spiro atoms. The van der Waals surface area contributed by atoms with Crippen LogP contribution in [0.2, 0.25) is 0 Å². The van der Waals surface area contributed by atoms with E-state index in [1.54, 1.807) is 0 Å². The first kappa shape index (κ1) is 12.4. The summed E-state index contributed by atoms with van der Waals surface area (Å²) in [6, 6.07) is 0.778. The Morgan fingerprint density at radius 2 is 2.19 bits per heavy atom. The van der Waals surface area contributed by atoms with E-state index in [1.165, 1.54) is 51.7 Å². The van der Waals surface area contributed by atoms with Crippen LogP contribution in [-0.2, 0) is 0 Å². The maximum absolute atomic E-state index is 3.76. The summed E-state index contributed by atoms with van der Waals surface area (Å²) < 4.78 is 0. The monoisotopic (exact) mass is 224 g/mol. The lowest BCUT2D eigenvalue weighted by Crippen LogP contribution is -2.61. The summed E-state index contributed by atoms with van der Waals surface area (Å²) in [5, 5.41) is 3.76. The Balaban J connectivity index is 1.85. The Morgan fingerprint density at radius 3 is 2.81 bits per heavy atom. The van der Waals surface area contributed by atoms with Crippen LogP contribution in [-0.4, -0.2) is 36.1 Å². The highest BCUT2D eigenvalue weighted by Gasteiger charge is 2.44. The predicted octanol–water partition coefficient (Wildman–Crippen LogP) is 2.64. The highest BCUT2D eigenvalue weighted by atomic mass is 15.2. The van der Waals surface area contributed by atoms with Crippen LogP contribution in [0.15, 0.2) is 0 Å². The van der Waals surface area contributed by atoms with Crippen molar-refractivity contribution in [2.45, 2.75) is 64.5 Å². The van der Waals surface area contributed by atoms with E-state index in [1.807, 2.05) is 0 Å². The smallest absolute Gasteiger partial charge is 0.0309 e. The van der Waals surface area contributed by atoms with Crippen LogP contribution in [0, 0.1) is 5.92 Å². The zero-order valence-corrected chi connectivity index (χ0v) is 11.3. The number of nitrogens with zero attached hydrogens (tertiary/aromatic N) is 1. The normalized spacial score (nSPS) is 33.9. The lowest BCUT2D eigenvalue weighted by molar-refractivity contribution is 0.0901. The minimum absolute atomic E-state index is 0.415. The molecule has 1 aliphatic carbocycles. The molecule has 94 valence electrons. The molecule has 2 unspecified atom stereocenters. The van der Waals surface area contributed by atoms with Crippen molar-refractivity contribution in [3.8, 4) is 0 Å². The number of rotatable bonds is 5. The summed E-state index contributed by atoms with van der Waals surface area (Å²) in [4.78, 5) is 2.71. The summed E-state index contributed by atoms with van der Waals surface area (Å²) in [7, 11) is 0. The minimum Gasteiger partial charge on any atom is -0.309 e. The van der Waals surface area contributed by atoms with Gasteiger partial charge in [-0.05, 0) is 39.0 Å². The van der Waals surface area contributed by atoms with Crippen molar-refractivity contribution >= 4 is 0 Å². The maximum atomic E-state index is 3.76. The fraction of sp³-hybridized carbons (Fsp3) is 1.00. The Morgan fingerprint density at radius 1 is 1.44 bits per heavy atom. The molecule has 1 aliphatic heterocycles. The van der Waals surface area contributed by atoms with Gasteiger partial charge in [0.2, 0.25) is 0 Å². The summed E-state index contributed by atoms with van der Waals surface area (Å²) in [5.74, 6) is 0.952. The van der Waals surface area contributed by atoms with Crippen LogP contribution in [0.4, 0.5) is 0 Å². The van der Waals surface area contributed by atoms with Gasteiger partial charge < -0.3 is 5.32 Å². The molecule has 1 heterocycles. The molecule has 0 bridgehead atoms. The second-order valence-corrected chi connectivity index (χ2v) is 6.08. The van der Waals surface area contributed by atoms with E-state index in [-0.39, 0.29) is 0 Å². The van der Waals surface area contributed by atoms with Crippen molar-refractivity contribution in [3.63, 3.8) is 0 Å². The minimum atomic E-state index is 0.415. The molecule has 2 heteroatoms. The molecule has 2 fully saturated rings. The van der Waals surface area contributed by atoms with Crippen molar-refractivity contribution < 1.29 is 0 Å². The molecule has 1 saturated heterocycles. The summed E-state index contributed by atoms with van der Waals surface area (Å²) in [5.41, 5.74) is 0.415. The Hall–Kier alpha value is -0.0800. The van der Waals surface area contributed by atoms with E-state index in [9.17, 15) is 0 Å². The predicted molar refractivity (Wildman–Crippen MR) is 69.7 cm³/mol. The highest BCUT2D eigenvalue weighted by Crippen LogP contribution is 2.41. The van der Waals surface area contributed by atoms with Gasteiger partial charge in [-0.2, -0.15) is 0 Å². The van der Waals surface area contributed by atoms with Gasteiger partial charge in [0, 0.05) is 31.2 Å². The Bertz CT molecular complexity index is 225. The number of piperazine rings is 1. The van der Waals surface area contributed by atoms with Gasteiger partial charge in [-0.15, -0.1) is 0 Å². The van der Waals surface area contributed by atoms with Crippen molar-refractivity contribution in [3.05, 3.63) is 0 Å². The average Bonchev–Trinajstić information content (AvgIpc) is 3.10. The highest BCUT2D eigenvalue weighted by molar-refractivity contribution is 5.02. The first-order chi connectivity index (χ1) is 7.65. The number of hydrogen-bond donors (Lipinski definition) is 1. The van der Waals surface area contributed by atoms with Crippen LogP contribution in [0.1, 0.15) is 52.9 Å². The first-order valence-corrected chi connectivity index (χ1v) is 7.15. The van der Waals surface area contributed by atoms with Crippen molar-refractivity contribution in [1.82, 2.24) is 10.2 Å². The molecular weight excluding hydrogens is 196 g/mol. The fourth-order valence-corrected chi connectivity index (χ4v) is 3.09. The first-order valence-electron chi connectivity index (χ1n) is 7.15. The van der Waals surface area contributed by atoms with Crippen molar-refractivity contribution in [2.24, 2.45) is 5.92 Å². The molecule has 2 atom stereocenters. The molecule has 2 rings (SSSR count). The van der Waals surface area contributed by atoms with Crippen molar-refractivity contribution in [1.29, 1.82) is 0 Å². The number of hydrogen-bond acceptors (Lipinski definition) is 2. The van der Waals surface area contributed by atoms with Crippen LogP contribution in [0.5, 0.6) is 0 Å². The van der Waals surface area contributed by atoms with Gasteiger partial charge in [0.15, 0.2) is 0 Å². The lowest BCUT2D eigenvalue weighted by Gasteiger charge is -2.44. The zero-order chi connectivity index (χ0) is 11.6. The van der Waals surface area contributed by atoms with Gasteiger partial charge in [-0.3, -0.25) is 4.90 Å². The van der Waals surface area contributed by atoms with Crippen LogP contribution in [0.25, 0.3) is 0 Å². The van der Waals surface area contributed by atoms with Gasteiger partial charge in [-0.25, -0.2) is 0 Å². The molecule has 0 amide bonds. The number of unbranched alkanes of at least 4 members (excludes halogenated alkanes) is 1. The van der Waals surface area contributed by atoms with Crippen LogP contribution < -0.4 is 5.32 Å². The topological polar surface area (TPSA) is 15.3 Å². The zero-order valence-electron chi connectivity index (χ0n) is 11.3. The Labute approximate surface area is 101 Å². The van der Waals surface area contributed by atoms with E-state index in [2.05, 4.69) is 31.0 Å². The molecule has 0 aromatic rings. The summed E-state index contributed by atoms with van der Waals surface area (Å²) >= 11 is 0. The quantitative estimate of drug-likeness (QED) is 0.772. The fourth-order valence-electron chi connectivity index (χ4n) is 3.09. The summed E-state index contributed by atoms with van der Waals surface area (Å²) in [6.45, 7) is 10.8. The van der Waals surface area contributed by atoms with Crippen LogP contribution in [0.3, 0.4) is 0 Å². The van der Waals surface area contributed by atoms with E-state index < -0.39 is 0 Å². The standard InChI is InChI=1S/C14H28N2/c1-4-5-6-12(2)16-10-9-15-14(3,11-16)13-7-8-13/h12-13,15H,4-11H2,1-3H3. The molecule has 2 aliphatic rings. The van der Waals surface area contributed by atoms with Gasteiger partial charge >= 0.3 is 0 Å². The SMILES string of the molecule is CCCCC(C)N1CCNC(C)(C2CC2)C1. The molecule has 0 radical (unpaired) electrons. The third-order valence-corrected chi connectivity index (χ3v) is 4.54. The van der Waals surface area contributed by atoms with Gasteiger partial charge in [0.1, 0.15) is 0 Å². The van der Waals surface area contributed by atoms with Gasteiger partial charge in [0.05, 0.1) is 0 Å². The number of nitrogens with one attached hydrogen (secondary N) is 1. The van der Waals surface area contributed by atoms with Gasteiger partial charge in [-0.1, -0.05) is 19.8 Å².